The minimum atomic E-state index is -0.778. The molecule has 0 bridgehead atoms. The zero-order chi connectivity index (χ0) is 21.1. The maximum Gasteiger partial charge on any atom is 0.338 e. The molecule has 29 heavy (non-hydrogen) atoms. The fourth-order valence-corrected chi connectivity index (χ4v) is 3.16. The van der Waals surface area contributed by atoms with Crippen LogP contribution in [0.15, 0.2) is 36.9 Å². The van der Waals surface area contributed by atoms with Crippen LogP contribution in [0.2, 0.25) is 0 Å². The molecule has 0 amide bonds. The Morgan fingerprint density at radius 3 is 2.69 bits per heavy atom. The summed E-state index contributed by atoms with van der Waals surface area (Å²) in [6.45, 7) is 7.55. The molecule has 8 heteroatoms. The van der Waals surface area contributed by atoms with Gasteiger partial charge in [-0.2, -0.15) is 0 Å². The average Bonchev–Trinajstić information content (AvgIpc) is 3.46. The van der Waals surface area contributed by atoms with Crippen LogP contribution in [0.4, 0.5) is 11.4 Å². The number of aromatic nitrogens is 1. The average molecular weight is 397 g/mol. The maximum absolute atomic E-state index is 12.5. The number of nitro benzene ring substituents is 1. The summed E-state index contributed by atoms with van der Waals surface area (Å²) >= 11 is 0. The van der Waals surface area contributed by atoms with Crippen LogP contribution in [-0.4, -0.2) is 33.9 Å². The number of nitro groups is 1. The van der Waals surface area contributed by atoms with Crippen LogP contribution >= 0.6 is 0 Å². The number of nitrogens with zero attached hydrogens (tertiary/aromatic N) is 2. The van der Waals surface area contributed by atoms with Gasteiger partial charge in [-0.3, -0.25) is 14.9 Å². The molecule has 2 aromatic rings. The maximum atomic E-state index is 12.5. The van der Waals surface area contributed by atoms with Gasteiger partial charge in [0, 0.05) is 35.6 Å². The highest BCUT2D eigenvalue weighted by Crippen LogP contribution is 2.31. The van der Waals surface area contributed by atoms with Crippen molar-refractivity contribution in [3.8, 4) is 0 Å². The van der Waals surface area contributed by atoms with Gasteiger partial charge < -0.3 is 14.6 Å². The topological polar surface area (TPSA) is 103 Å². The molecule has 1 aromatic carbocycles. The zero-order valence-corrected chi connectivity index (χ0v) is 16.4. The van der Waals surface area contributed by atoms with Gasteiger partial charge in [-0.05, 0) is 44.9 Å². The van der Waals surface area contributed by atoms with Crippen LogP contribution < -0.4 is 5.32 Å². The first-order valence-electron chi connectivity index (χ1n) is 9.34. The van der Waals surface area contributed by atoms with Crippen molar-refractivity contribution >= 4 is 23.1 Å². The van der Waals surface area contributed by atoms with E-state index in [0.29, 0.717) is 17.8 Å². The van der Waals surface area contributed by atoms with Crippen molar-refractivity contribution < 1.29 is 19.2 Å². The molecule has 1 aromatic heterocycles. The van der Waals surface area contributed by atoms with E-state index in [4.69, 9.17) is 4.74 Å². The first kappa shape index (κ1) is 20.3. The van der Waals surface area contributed by atoms with E-state index in [9.17, 15) is 19.7 Å². The van der Waals surface area contributed by atoms with Crippen LogP contribution in [0.5, 0.6) is 0 Å². The number of ether oxygens (including phenoxy) is 1. The minimum absolute atomic E-state index is 0.0305. The molecule has 0 spiro atoms. The number of carbonyl (C=O) groups is 2. The lowest BCUT2D eigenvalue weighted by molar-refractivity contribution is -0.384. The lowest BCUT2D eigenvalue weighted by atomic mass is 10.1. The number of ketones is 1. The second-order valence-corrected chi connectivity index (χ2v) is 7.09. The minimum Gasteiger partial charge on any atom is -0.454 e. The van der Waals surface area contributed by atoms with Gasteiger partial charge in [0.2, 0.25) is 5.78 Å². The molecule has 1 fully saturated rings. The van der Waals surface area contributed by atoms with Gasteiger partial charge >= 0.3 is 5.97 Å². The fourth-order valence-electron chi connectivity index (χ4n) is 3.16. The van der Waals surface area contributed by atoms with Crippen molar-refractivity contribution in [2.45, 2.75) is 39.3 Å². The summed E-state index contributed by atoms with van der Waals surface area (Å²) in [7, 11) is 0. The van der Waals surface area contributed by atoms with E-state index >= 15 is 0 Å². The highest BCUT2D eigenvalue weighted by atomic mass is 16.6. The highest BCUT2D eigenvalue weighted by Gasteiger charge is 2.26. The van der Waals surface area contributed by atoms with Gasteiger partial charge in [0.25, 0.3) is 5.69 Å². The standard InChI is InChI=1S/C21H23N3O5/c1-4-9-23-13(2)10-17(14(23)3)20(25)12-29-21(26)15-5-8-18(22-16-6-7-16)19(11-15)24(27)28/h4-5,8,10-11,16,22H,1,6-7,9,12H2,2-3H3. The second-order valence-electron chi connectivity index (χ2n) is 7.09. The number of allylic oxidation sites excluding steroid dienone is 1. The predicted molar refractivity (Wildman–Crippen MR) is 108 cm³/mol. The molecule has 8 nitrogen and oxygen atoms in total. The molecule has 0 atom stereocenters. The summed E-state index contributed by atoms with van der Waals surface area (Å²) in [5, 5.41) is 14.4. The Morgan fingerprint density at radius 2 is 2.07 bits per heavy atom. The first-order valence-corrected chi connectivity index (χ1v) is 9.34. The van der Waals surface area contributed by atoms with Crippen LogP contribution in [0.3, 0.4) is 0 Å². The Morgan fingerprint density at radius 1 is 1.34 bits per heavy atom. The number of aryl methyl sites for hydroxylation is 1. The van der Waals surface area contributed by atoms with Crippen molar-refractivity contribution in [1.29, 1.82) is 0 Å². The largest absolute Gasteiger partial charge is 0.454 e. The van der Waals surface area contributed by atoms with E-state index < -0.39 is 17.5 Å². The number of Topliss-reactive ketones (excluding diaryl/α,β-unsaturated/α-hetero) is 1. The monoisotopic (exact) mass is 397 g/mol. The number of benzene rings is 1. The van der Waals surface area contributed by atoms with Crippen LogP contribution in [0.1, 0.15) is 44.9 Å². The molecular weight excluding hydrogens is 374 g/mol. The zero-order valence-electron chi connectivity index (χ0n) is 16.4. The summed E-state index contributed by atoms with van der Waals surface area (Å²) in [6, 6.07) is 6.12. The number of carbonyl (C=O) groups excluding carboxylic acids is 2. The summed E-state index contributed by atoms with van der Waals surface area (Å²) in [5.41, 5.74) is 2.38. The van der Waals surface area contributed by atoms with Gasteiger partial charge in [-0.25, -0.2) is 4.79 Å². The second kappa shape index (κ2) is 8.30. The Balaban J connectivity index is 1.69. The van der Waals surface area contributed by atoms with E-state index in [1.54, 1.807) is 12.1 Å². The smallest absolute Gasteiger partial charge is 0.338 e. The van der Waals surface area contributed by atoms with Crippen molar-refractivity contribution in [3.63, 3.8) is 0 Å². The third-order valence-corrected chi connectivity index (χ3v) is 4.89. The lowest BCUT2D eigenvalue weighted by Crippen LogP contribution is -2.15. The molecule has 152 valence electrons. The predicted octanol–water partition coefficient (Wildman–Crippen LogP) is 3.81. The first-order chi connectivity index (χ1) is 13.8. The number of anilines is 1. The molecule has 0 saturated heterocycles. The molecule has 0 unspecified atom stereocenters. The van der Waals surface area contributed by atoms with E-state index in [1.807, 2.05) is 18.4 Å². The van der Waals surface area contributed by atoms with Crippen molar-refractivity contribution in [2.75, 3.05) is 11.9 Å². The van der Waals surface area contributed by atoms with E-state index in [1.165, 1.54) is 18.2 Å². The van der Waals surface area contributed by atoms with Gasteiger partial charge in [0.1, 0.15) is 5.69 Å². The summed E-state index contributed by atoms with van der Waals surface area (Å²) < 4.78 is 7.06. The number of hydrogen-bond donors (Lipinski definition) is 1. The van der Waals surface area contributed by atoms with Crippen molar-refractivity contribution in [1.82, 2.24) is 4.57 Å². The molecule has 0 aliphatic heterocycles. The van der Waals surface area contributed by atoms with Crippen LogP contribution in [-0.2, 0) is 11.3 Å². The van der Waals surface area contributed by atoms with Gasteiger partial charge in [-0.1, -0.05) is 6.08 Å². The van der Waals surface area contributed by atoms with E-state index in [2.05, 4.69) is 11.9 Å². The number of rotatable bonds is 9. The molecule has 1 N–H and O–H groups in total. The quantitative estimate of drug-likeness (QED) is 0.227. The van der Waals surface area contributed by atoms with E-state index in [0.717, 1.165) is 24.2 Å². The molecular formula is C21H23N3O5. The SMILES string of the molecule is C=CCn1c(C)cc(C(=O)COC(=O)c2ccc(NC3CC3)c([N+](=O)[O-])c2)c1C. The van der Waals surface area contributed by atoms with Crippen molar-refractivity contribution in [2.24, 2.45) is 0 Å². The Kier molecular flexibility index (Phi) is 5.81. The number of nitrogens with one attached hydrogen (secondary N) is 1. The molecule has 1 heterocycles. The Bertz CT molecular complexity index is 988. The molecule has 1 saturated carbocycles. The normalized spacial score (nSPS) is 13.0. The third-order valence-electron chi connectivity index (χ3n) is 4.89. The number of hydrogen-bond acceptors (Lipinski definition) is 6. The summed E-state index contributed by atoms with van der Waals surface area (Å²) in [4.78, 5) is 35.6. The lowest BCUT2D eigenvalue weighted by Gasteiger charge is -2.08. The molecule has 1 aliphatic rings. The molecule has 1 aliphatic carbocycles. The van der Waals surface area contributed by atoms with Crippen molar-refractivity contribution in [3.05, 3.63) is 69.5 Å². The third kappa shape index (κ3) is 4.53. The van der Waals surface area contributed by atoms with Gasteiger partial charge in [0.05, 0.1) is 10.5 Å². The summed E-state index contributed by atoms with van der Waals surface area (Å²) in [6.07, 6.45) is 3.68. The number of esters is 1. The molecule has 0 radical (unpaired) electrons. The van der Waals surface area contributed by atoms with Gasteiger partial charge in [0.15, 0.2) is 6.61 Å². The Hall–Kier alpha value is -3.42. The molecule has 3 rings (SSSR count). The van der Waals surface area contributed by atoms with Crippen LogP contribution in [0, 0.1) is 24.0 Å². The highest BCUT2D eigenvalue weighted by molar-refractivity contribution is 6.00. The van der Waals surface area contributed by atoms with E-state index in [-0.39, 0.29) is 23.1 Å². The summed E-state index contributed by atoms with van der Waals surface area (Å²) in [5.74, 6) is -1.11. The fraction of sp³-hybridized carbons (Fsp3) is 0.333. The Labute approximate surface area is 168 Å². The van der Waals surface area contributed by atoms with Gasteiger partial charge in [-0.15, -0.1) is 6.58 Å². The van der Waals surface area contributed by atoms with Crippen LogP contribution in [0.25, 0.3) is 0 Å².